The molecule has 0 aromatic carbocycles. The first-order chi connectivity index (χ1) is 15.9. The van der Waals surface area contributed by atoms with Crippen LogP contribution in [0, 0.1) is 17.2 Å². The van der Waals surface area contributed by atoms with Gasteiger partial charge in [0.25, 0.3) is 0 Å². The minimum Gasteiger partial charge on any atom is -0.375 e. The molecule has 0 bridgehead atoms. The van der Waals surface area contributed by atoms with Gasteiger partial charge in [-0.25, -0.2) is 4.57 Å². The Kier molecular flexibility index (Phi) is 19.8. The van der Waals surface area contributed by atoms with Gasteiger partial charge in [0.15, 0.2) is 0 Å². The summed E-state index contributed by atoms with van der Waals surface area (Å²) in [6.45, 7) is 9.11. The summed E-state index contributed by atoms with van der Waals surface area (Å²) in [4.78, 5) is 0. The van der Waals surface area contributed by atoms with E-state index in [0.717, 1.165) is 57.8 Å². The molecule has 0 rings (SSSR count). The minimum absolute atomic E-state index is 0.295. The summed E-state index contributed by atoms with van der Waals surface area (Å²) in [5.41, 5.74) is -0.749. The molecule has 0 aliphatic carbocycles. The van der Waals surface area contributed by atoms with E-state index >= 15 is 0 Å². The second-order valence-electron chi connectivity index (χ2n) is 8.28. The van der Waals surface area contributed by atoms with Gasteiger partial charge in [0.1, 0.15) is 5.73 Å². The molecule has 0 saturated carbocycles. The Labute approximate surface area is 203 Å². The van der Waals surface area contributed by atoms with Crippen LogP contribution < -0.4 is 0 Å². The molecule has 8 nitrogen and oxygen atoms in total. The molecule has 0 aromatic heterocycles. The first kappa shape index (κ1) is 32.7. The number of phosphoric acid groups is 1. The van der Waals surface area contributed by atoms with Crippen LogP contribution in [0.15, 0.2) is 0 Å². The predicted molar refractivity (Wildman–Crippen MR) is 133 cm³/mol. The average molecular weight is 510 g/mol. The van der Waals surface area contributed by atoms with Gasteiger partial charge in [0.05, 0.1) is 19.3 Å². The molecule has 3 unspecified atom stereocenters. The van der Waals surface area contributed by atoms with Crippen molar-refractivity contribution in [3.8, 4) is 6.07 Å². The SMILES string of the molecule is CCCCCCOP(=O)(OCC(CC)CCCC)OC(C)[Si](OC)(OC)OCCCCC#N. The Bertz CT molecular complexity index is 557. The van der Waals surface area contributed by atoms with Crippen molar-refractivity contribution in [2.24, 2.45) is 5.92 Å². The molecule has 10 heteroatoms. The van der Waals surface area contributed by atoms with Crippen molar-refractivity contribution in [2.45, 2.75) is 104 Å². The van der Waals surface area contributed by atoms with Crippen molar-refractivity contribution in [2.75, 3.05) is 34.0 Å². The smallest absolute Gasteiger partial charge is 0.375 e. The van der Waals surface area contributed by atoms with Gasteiger partial charge in [-0.3, -0.25) is 13.6 Å². The van der Waals surface area contributed by atoms with Gasteiger partial charge in [0, 0.05) is 27.2 Å². The van der Waals surface area contributed by atoms with Crippen LogP contribution in [-0.4, -0.2) is 48.6 Å². The molecule has 0 N–H and O–H groups in total. The molecular formula is C23H48NO7PSi. The first-order valence-corrected chi connectivity index (χ1v) is 15.8. The van der Waals surface area contributed by atoms with E-state index in [1.807, 2.05) is 0 Å². The molecule has 0 amide bonds. The molecular weight excluding hydrogens is 461 g/mol. The lowest BCUT2D eigenvalue weighted by Gasteiger charge is -2.33. The van der Waals surface area contributed by atoms with E-state index in [1.54, 1.807) is 6.92 Å². The third-order valence-electron chi connectivity index (χ3n) is 5.60. The normalized spacial score (nSPS) is 15.7. The molecule has 33 heavy (non-hydrogen) atoms. The lowest BCUT2D eigenvalue weighted by Crippen LogP contribution is -2.55. The van der Waals surface area contributed by atoms with E-state index in [9.17, 15) is 4.57 Å². The molecule has 0 aliphatic rings. The molecule has 0 fully saturated rings. The van der Waals surface area contributed by atoms with Crippen LogP contribution in [0.1, 0.15) is 98.3 Å². The maximum absolute atomic E-state index is 13.6. The molecule has 0 aliphatic heterocycles. The summed E-state index contributed by atoms with van der Waals surface area (Å²) in [5.74, 6) is 0.295. The maximum Gasteiger partial charge on any atom is 0.531 e. The van der Waals surface area contributed by atoms with Crippen LogP contribution in [0.4, 0.5) is 0 Å². The zero-order valence-electron chi connectivity index (χ0n) is 21.8. The lowest BCUT2D eigenvalue weighted by molar-refractivity contribution is 0.0284. The topological polar surface area (TPSA) is 96.2 Å². The third-order valence-corrected chi connectivity index (χ3v) is 10.2. The Morgan fingerprint density at radius 3 is 2.15 bits per heavy atom. The van der Waals surface area contributed by atoms with Crippen molar-refractivity contribution < 1.29 is 31.4 Å². The predicted octanol–water partition coefficient (Wildman–Crippen LogP) is 6.81. The quantitative estimate of drug-likeness (QED) is 0.0842. The van der Waals surface area contributed by atoms with Crippen molar-refractivity contribution in [1.82, 2.24) is 0 Å². The standard InChI is InChI=1S/C23H48NO7PSi/c1-7-10-12-15-19-28-32(25,29-21-23(9-3)17-11-8-2)31-22(4)33(26-5,27-6)30-20-16-13-14-18-24/h22-23H,7-17,19-21H2,1-6H3. The Hall–Kier alpha value is -0.303. The fourth-order valence-electron chi connectivity index (χ4n) is 3.33. The molecule has 0 saturated heterocycles. The van der Waals surface area contributed by atoms with Crippen molar-refractivity contribution >= 4 is 16.6 Å². The van der Waals surface area contributed by atoms with E-state index in [0.29, 0.717) is 38.6 Å². The average Bonchev–Trinajstić information content (AvgIpc) is 2.81. The first-order valence-electron chi connectivity index (χ1n) is 12.6. The van der Waals surface area contributed by atoms with Gasteiger partial charge in [0.2, 0.25) is 0 Å². The second kappa shape index (κ2) is 19.9. The van der Waals surface area contributed by atoms with Crippen LogP contribution in [0.5, 0.6) is 0 Å². The summed E-state index contributed by atoms with van der Waals surface area (Å²) < 4.78 is 48.3. The number of nitrogens with zero attached hydrogens (tertiary/aromatic N) is 1. The van der Waals surface area contributed by atoms with E-state index in [4.69, 9.17) is 32.1 Å². The highest BCUT2D eigenvalue weighted by molar-refractivity contribution is 7.48. The van der Waals surface area contributed by atoms with Crippen molar-refractivity contribution in [1.29, 1.82) is 5.26 Å². The second-order valence-corrected chi connectivity index (χ2v) is 13.0. The number of phosphoric ester groups is 1. The van der Waals surface area contributed by atoms with Crippen LogP contribution in [0.2, 0.25) is 0 Å². The third kappa shape index (κ3) is 14.0. The summed E-state index contributed by atoms with van der Waals surface area (Å²) in [5, 5.41) is 8.70. The molecule has 3 atom stereocenters. The van der Waals surface area contributed by atoms with Crippen LogP contribution in [0.25, 0.3) is 0 Å². The molecule has 0 radical (unpaired) electrons. The van der Waals surface area contributed by atoms with E-state index in [-0.39, 0.29) is 0 Å². The fourth-order valence-corrected chi connectivity index (χ4v) is 7.29. The van der Waals surface area contributed by atoms with Gasteiger partial charge in [-0.1, -0.05) is 59.3 Å². The monoisotopic (exact) mass is 509 g/mol. The number of rotatable bonds is 23. The molecule has 0 aromatic rings. The largest absolute Gasteiger partial charge is 0.531 e. The van der Waals surface area contributed by atoms with Gasteiger partial charge >= 0.3 is 16.6 Å². The van der Waals surface area contributed by atoms with E-state index in [2.05, 4.69) is 26.8 Å². The number of nitriles is 1. The van der Waals surface area contributed by atoms with Crippen LogP contribution in [0.3, 0.4) is 0 Å². The zero-order chi connectivity index (χ0) is 25.0. The Morgan fingerprint density at radius 2 is 1.58 bits per heavy atom. The van der Waals surface area contributed by atoms with E-state index in [1.165, 1.54) is 14.2 Å². The highest BCUT2D eigenvalue weighted by Gasteiger charge is 2.50. The zero-order valence-corrected chi connectivity index (χ0v) is 23.7. The Morgan fingerprint density at radius 1 is 0.909 bits per heavy atom. The van der Waals surface area contributed by atoms with Crippen molar-refractivity contribution in [3.05, 3.63) is 0 Å². The molecule has 0 heterocycles. The molecule has 0 spiro atoms. The lowest BCUT2D eigenvalue weighted by atomic mass is 10.0. The van der Waals surface area contributed by atoms with Gasteiger partial charge in [-0.05, 0) is 38.5 Å². The minimum atomic E-state index is -3.84. The summed E-state index contributed by atoms with van der Waals surface area (Å²) >= 11 is 0. The van der Waals surface area contributed by atoms with Gasteiger partial charge in [-0.2, -0.15) is 5.26 Å². The highest BCUT2D eigenvalue weighted by Crippen LogP contribution is 2.52. The van der Waals surface area contributed by atoms with Crippen molar-refractivity contribution in [3.63, 3.8) is 0 Å². The maximum atomic E-state index is 13.6. The van der Waals surface area contributed by atoms with Gasteiger partial charge in [-0.15, -0.1) is 0 Å². The van der Waals surface area contributed by atoms with Crippen LogP contribution >= 0.6 is 7.82 Å². The van der Waals surface area contributed by atoms with Crippen LogP contribution in [-0.2, 0) is 31.4 Å². The number of hydrogen-bond acceptors (Lipinski definition) is 8. The summed E-state index contributed by atoms with van der Waals surface area (Å²) in [6, 6.07) is 2.12. The summed E-state index contributed by atoms with van der Waals surface area (Å²) in [6.07, 6.45) is 10.0. The highest BCUT2D eigenvalue weighted by atomic mass is 31.2. The fraction of sp³-hybridized carbons (Fsp3) is 0.957. The summed E-state index contributed by atoms with van der Waals surface area (Å²) in [7, 11) is -4.14. The Balaban J connectivity index is 5.23. The van der Waals surface area contributed by atoms with E-state index < -0.39 is 22.4 Å². The molecule has 196 valence electrons. The van der Waals surface area contributed by atoms with Gasteiger partial charge < -0.3 is 13.3 Å². The number of unbranched alkanes of at least 4 members (excludes halogenated alkanes) is 6. The number of hydrogen-bond donors (Lipinski definition) is 0.